The number of carbonyl (C=O) groups is 4. The number of allylic oxidation sites excluding steroid dienone is 2. The lowest BCUT2D eigenvalue weighted by molar-refractivity contribution is -0.187. The lowest BCUT2D eigenvalue weighted by Gasteiger charge is -2.46. The minimum absolute atomic E-state index is 0.266. The number of hydrogen-bond acceptors (Lipinski definition) is 8. The maximum Gasteiger partial charge on any atom is 0.784 e. The van der Waals surface area contributed by atoms with Crippen LogP contribution in [0.4, 0.5) is 0 Å². The molecule has 2 aliphatic rings. The Morgan fingerprint density at radius 2 is 0.848 bits per heavy atom. The molecule has 2 aliphatic heterocycles. The van der Waals surface area contributed by atoms with Crippen LogP contribution < -0.4 is 0 Å². The van der Waals surface area contributed by atoms with Crippen LogP contribution in [0.3, 0.4) is 0 Å². The molecular weight excluding hydrogens is 427 g/mol. The van der Waals surface area contributed by atoms with E-state index in [9.17, 15) is 19.2 Å². The minimum Gasteiger partial charge on any atom is -0.584 e. The molecule has 2 saturated heterocycles. The smallest absolute Gasteiger partial charge is 0.584 e. The standard InChI is InChI=1S/C24H36BO8/c1-3-5-7-9-11-13-15-17-19-21(26)30-25(31-22(19)27)32-23(28)20(24(29)33-25)18-16-14-12-10-8-6-4-2/h3-4,19-20H,1-2,5-18H2/q-1. The van der Waals surface area contributed by atoms with Crippen molar-refractivity contribution in [3.8, 4) is 0 Å². The van der Waals surface area contributed by atoms with Gasteiger partial charge >= 0.3 is 6.96 Å². The molecule has 184 valence electrons. The lowest BCUT2D eigenvalue weighted by Crippen LogP contribution is -2.64. The number of rotatable bonds is 16. The lowest BCUT2D eigenvalue weighted by atomic mass is 9.90. The summed E-state index contributed by atoms with van der Waals surface area (Å²) >= 11 is 0. The van der Waals surface area contributed by atoms with E-state index < -0.39 is 42.7 Å². The second-order valence-corrected chi connectivity index (χ2v) is 8.70. The maximum absolute atomic E-state index is 12.4. The van der Waals surface area contributed by atoms with Crippen LogP contribution in [-0.4, -0.2) is 30.8 Å². The zero-order valence-corrected chi connectivity index (χ0v) is 19.5. The van der Waals surface area contributed by atoms with Crippen LogP contribution in [0.25, 0.3) is 0 Å². The van der Waals surface area contributed by atoms with Crippen LogP contribution in [0.1, 0.15) is 89.9 Å². The van der Waals surface area contributed by atoms with E-state index >= 15 is 0 Å². The summed E-state index contributed by atoms with van der Waals surface area (Å²) < 4.78 is 20.2. The van der Waals surface area contributed by atoms with Gasteiger partial charge in [-0.15, -0.1) is 13.2 Å². The Hall–Kier alpha value is -2.58. The van der Waals surface area contributed by atoms with Gasteiger partial charge in [-0.2, -0.15) is 0 Å². The molecule has 0 atom stereocenters. The molecule has 0 unspecified atom stereocenters. The van der Waals surface area contributed by atoms with Gasteiger partial charge in [0, 0.05) is 0 Å². The van der Waals surface area contributed by atoms with E-state index in [2.05, 4.69) is 13.2 Å². The molecule has 9 heteroatoms. The van der Waals surface area contributed by atoms with Crippen molar-refractivity contribution in [1.29, 1.82) is 0 Å². The van der Waals surface area contributed by atoms with E-state index in [-0.39, 0.29) is 12.8 Å². The van der Waals surface area contributed by atoms with Crippen molar-refractivity contribution in [2.45, 2.75) is 89.9 Å². The van der Waals surface area contributed by atoms with Gasteiger partial charge in [-0.3, -0.25) is 19.2 Å². The van der Waals surface area contributed by atoms with Gasteiger partial charge in [0.25, 0.3) is 23.9 Å². The summed E-state index contributed by atoms with van der Waals surface area (Å²) in [6.07, 6.45) is 15.5. The van der Waals surface area contributed by atoms with Crippen molar-refractivity contribution < 1.29 is 37.8 Å². The van der Waals surface area contributed by atoms with Crippen molar-refractivity contribution >= 4 is 30.8 Å². The van der Waals surface area contributed by atoms with Gasteiger partial charge in [-0.1, -0.05) is 63.5 Å². The second kappa shape index (κ2) is 13.9. The van der Waals surface area contributed by atoms with Crippen LogP contribution in [0.5, 0.6) is 0 Å². The van der Waals surface area contributed by atoms with Crippen LogP contribution in [0.15, 0.2) is 25.3 Å². The third-order valence-corrected chi connectivity index (χ3v) is 5.98. The molecule has 2 heterocycles. The number of carbonyl (C=O) groups excluding carboxylic acids is 4. The zero-order valence-electron chi connectivity index (χ0n) is 19.5. The molecule has 0 aromatic rings. The third-order valence-electron chi connectivity index (χ3n) is 5.98. The topological polar surface area (TPSA) is 105 Å². The van der Waals surface area contributed by atoms with Gasteiger partial charge < -0.3 is 18.6 Å². The molecule has 1 spiro atoms. The zero-order chi connectivity index (χ0) is 24.1. The Labute approximate surface area is 196 Å². The molecule has 2 fully saturated rings. The molecule has 8 nitrogen and oxygen atoms in total. The summed E-state index contributed by atoms with van der Waals surface area (Å²) in [7, 11) is 0. The molecule has 33 heavy (non-hydrogen) atoms. The molecule has 0 aromatic heterocycles. The van der Waals surface area contributed by atoms with Gasteiger partial charge in [-0.05, 0) is 38.5 Å². The van der Waals surface area contributed by atoms with E-state index in [1.165, 1.54) is 0 Å². The van der Waals surface area contributed by atoms with Gasteiger partial charge in [-0.25, -0.2) is 0 Å². The Morgan fingerprint density at radius 1 is 0.545 bits per heavy atom. The summed E-state index contributed by atoms with van der Waals surface area (Å²) in [6, 6.07) is 0. The molecule has 0 aliphatic carbocycles. The Bertz CT molecular complexity index is 620. The molecule has 0 bridgehead atoms. The van der Waals surface area contributed by atoms with Gasteiger partial charge in [0.05, 0.1) is 0 Å². The fourth-order valence-corrected chi connectivity index (χ4v) is 4.04. The minimum atomic E-state index is -3.51. The van der Waals surface area contributed by atoms with Crippen LogP contribution in [-0.2, 0) is 37.8 Å². The Balaban J connectivity index is 1.76. The Kier molecular flexibility index (Phi) is 11.2. The molecule has 0 saturated carbocycles. The highest BCUT2D eigenvalue weighted by atomic mass is 16.9. The van der Waals surface area contributed by atoms with E-state index in [4.69, 9.17) is 18.6 Å². The first kappa shape index (κ1) is 26.7. The van der Waals surface area contributed by atoms with Crippen LogP contribution in [0, 0.1) is 11.8 Å². The second-order valence-electron chi connectivity index (χ2n) is 8.70. The average molecular weight is 463 g/mol. The number of hydrogen-bond donors (Lipinski definition) is 0. The van der Waals surface area contributed by atoms with E-state index in [0.29, 0.717) is 12.8 Å². The van der Waals surface area contributed by atoms with Crippen molar-refractivity contribution in [3.63, 3.8) is 0 Å². The molecule has 0 radical (unpaired) electrons. The van der Waals surface area contributed by atoms with Crippen molar-refractivity contribution in [3.05, 3.63) is 25.3 Å². The van der Waals surface area contributed by atoms with Gasteiger partial charge in [0.2, 0.25) is 0 Å². The predicted molar refractivity (Wildman–Crippen MR) is 122 cm³/mol. The molecule has 0 aromatic carbocycles. The number of unbranched alkanes of at least 4 members (excludes halogenated alkanes) is 10. The van der Waals surface area contributed by atoms with Gasteiger partial charge in [0.15, 0.2) is 0 Å². The highest BCUT2D eigenvalue weighted by Gasteiger charge is 2.58. The first-order chi connectivity index (χ1) is 15.9. The summed E-state index contributed by atoms with van der Waals surface area (Å²) in [5.41, 5.74) is 0. The van der Waals surface area contributed by atoms with Crippen LogP contribution >= 0.6 is 0 Å². The van der Waals surface area contributed by atoms with Crippen LogP contribution in [0.2, 0.25) is 0 Å². The molecule has 2 rings (SSSR count). The Morgan fingerprint density at radius 3 is 1.18 bits per heavy atom. The fraction of sp³-hybridized carbons (Fsp3) is 0.667. The quantitative estimate of drug-likeness (QED) is 0.141. The molecular formula is C24H36BO8-. The highest BCUT2D eigenvalue weighted by Crippen LogP contribution is 2.32. The van der Waals surface area contributed by atoms with Crippen molar-refractivity contribution in [1.82, 2.24) is 0 Å². The summed E-state index contributed by atoms with van der Waals surface area (Å²) in [4.78, 5) is 49.6. The summed E-state index contributed by atoms with van der Waals surface area (Å²) in [6.45, 7) is 3.86. The van der Waals surface area contributed by atoms with Crippen molar-refractivity contribution in [2.24, 2.45) is 11.8 Å². The predicted octanol–water partition coefficient (Wildman–Crippen LogP) is 4.69. The first-order valence-electron chi connectivity index (χ1n) is 12.2. The average Bonchev–Trinajstić information content (AvgIpc) is 2.75. The van der Waals surface area contributed by atoms with E-state index in [1.807, 2.05) is 12.2 Å². The molecule has 0 amide bonds. The summed E-state index contributed by atoms with van der Waals surface area (Å²) in [5.74, 6) is -5.79. The normalized spacial score (nSPS) is 24.6. The SMILES string of the molecule is C=CCCCCCCCC1C(=O)O[B-]2(OC1=O)OC(=O)C(CCCCCCCC=C)C(=O)O2. The largest absolute Gasteiger partial charge is 0.784 e. The maximum atomic E-state index is 12.4. The van der Waals surface area contributed by atoms with Crippen molar-refractivity contribution in [2.75, 3.05) is 0 Å². The van der Waals surface area contributed by atoms with E-state index in [0.717, 1.165) is 64.2 Å². The first-order valence-corrected chi connectivity index (χ1v) is 12.2. The molecule has 0 N–H and O–H groups in total. The monoisotopic (exact) mass is 463 g/mol. The van der Waals surface area contributed by atoms with Gasteiger partial charge in [0.1, 0.15) is 11.8 Å². The summed E-state index contributed by atoms with van der Waals surface area (Å²) in [5, 5.41) is 0. The third kappa shape index (κ3) is 8.37. The van der Waals surface area contributed by atoms with E-state index in [1.54, 1.807) is 0 Å². The highest BCUT2D eigenvalue weighted by molar-refractivity contribution is 6.63. The fourth-order valence-electron chi connectivity index (χ4n) is 4.04.